The van der Waals surface area contributed by atoms with Gasteiger partial charge in [-0.1, -0.05) is 42.8 Å². The van der Waals surface area contributed by atoms with E-state index in [9.17, 15) is 14.0 Å². The zero-order chi connectivity index (χ0) is 23.5. The molecule has 2 aliphatic carbocycles. The van der Waals surface area contributed by atoms with Gasteiger partial charge in [-0.15, -0.1) is 0 Å². The van der Waals surface area contributed by atoms with Crippen molar-refractivity contribution >= 4 is 18.0 Å². The van der Waals surface area contributed by atoms with E-state index in [1.165, 1.54) is 12.1 Å². The Balaban J connectivity index is 1.45. The zero-order valence-corrected chi connectivity index (χ0v) is 18.9. The predicted molar refractivity (Wildman–Crippen MR) is 125 cm³/mol. The van der Waals surface area contributed by atoms with Gasteiger partial charge in [-0.2, -0.15) is 5.10 Å². The minimum atomic E-state index is -0.959. The highest BCUT2D eigenvalue weighted by atomic mass is 19.1. The largest absolute Gasteiger partial charge is 0.325 e. The van der Waals surface area contributed by atoms with Crippen molar-refractivity contribution in [3.63, 3.8) is 0 Å². The predicted octanol–water partition coefficient (Wildman–Crippen LogP) is 4.63. The first-order valence-corrected chi connectivity index (χ1v) is 11.6. The first-order valence-electron chi connectivity index (χ1n) is 11.6. The average molecular weight is 457 g/mol. The van der Waals surface area contributed by atoms with Gasteiger partial charge >= 0.3 is 6.03 Å². The Kier molecular flexibility index (Phi) is 4.52. The van der Waals surface area contributed by atoms with Crippen molar-refractivity contribution in [2.75, 3.05) is 0 Å². The van der Waals surface area contributed by atoms with E-state index in [2.05, 4.69) is 23.4 Å². The Bertz CT molecular complexity index is 1330. The number of imide groups is 1. The number of hydrogen-bond donors (Lipinski definition) is 1. The Morgan fingerprint density at radius 1 is 1.09 bits per heavy atom. The van der Waals surface area contributed by atoms with Gasteiger partial charge in [0, 0.05) is 12.0 Å². The molecule has 1 saturated heterocycles. The SMILES string of the molecule is C[C@]12Cc3cnn(-c4ccc(F)cc4)c3C=C1CCC[C@]21C(=O)NC(=O)N1Cc1ccccc1. The number of halogens is 1. The molecule has 2 fully saturated rings. The normalized spacial score (nSPS) is 25.7. The van der Waals surface area contributed by atoms with Gasteiger partial charge in [0.2, 0.25) is 0 Å². The zero-order valence-electron chi connectivity index (χ0n) is 18.9. The Morgan fingerprint density at radius 3 is 2.62 bits per heavy atom. The second kappa shape index (κ2) is 7.38. The molecule has 1 spiro atoms. The molecule has 34 heavy (non-hydrogen) atoms. The fraction of sp³-hybridized carbons (Fsp3) is 0.296. The summed E-state index contributed by atoms with van der Waals surface area (Å²) in [5, 5.41) is 7.22. The van der Waals surface area contributed by atoms with Crippen LogP contribution < -0.4 is 5.32 Å². The number of urea groups is 1. The van der Waals surface area contributed by atoms with Crippen LogP contribution in [0.2, 0.25) is 0 Å². The average Bonchev–Trinajstić information content (AvgIpc) is 3.33. The monoisotopic (exact) mass is 456 g/mol. The fourth-order valence-corrected chi connectivity index (χ4v) is 6.19. The highest BCUT2D eigenvalue weighted by Gasteiger charge is 2.65. The van der Waals surface area contributed by atoms with E-state index in [1.807, 2.05) is 41.2 Å². The van der Waals surface area contributed by atoms with Crippen molar-refractivity contribution in [2.24, 2.45) is 5.41 Å². The first kappa shape index (κ1) is 20.8. The van der Waals surface area contributed by atoms with Crippen molar-refractivity contribution in [1.29, 1.82) is 0 Å². The van der Waals surface area contributed by atoms with Crippen LogP contribution in [0.3, 0.4) is 0 Å². The summed E-state index contributed by atoms with van der Waals surface area (Å²) in [4.78, 5) is 28.4. The number of amides is 3. The standard InChI is InChI=1S/C27H25FN4O2/c1-26-15-19-16-29-32(22-11-9-21(28)10-12-22)23(19)14-20(26)8-5-13-27(26)24(33)30-25(34)31(27)17-18-6-3-2-4-7-18/h2-4,6-7,9-12,14,16H,5,8,13,15,17H2,1H3,(H,30,33,34)/t26-,27-/m0/s1. The summed E-state index contributed by atoms with van der Waals surface area (Å²) in [7, 11) is 0. The number of nitrogens with one attached hydrogen (secondary N) is 1. The first-order chi connectivity index (χ1) is 16.4. The van der Waals surface area contributed by atoms with E-state index >= 15 is 0 Å². The minimum Gasteiger partial charge on any atom is -0.304 e. The van der Waals surface area contributed by atoms with Gasteiger partial charge in [0.1, 0.15) is 11.4 Å². The smallest absolute Gasteiger partial charge is 0.304 e. The van der Waals surface area contributed by atoms with E-state index in [-0.39, 0.29) is 17.8 Å². The lowest BCUT2D eigenvalue weighted by molar-refractivity contribution is -0.134. The summed E-state index contributed by atoms with van der Waals surface area (Å²) < 4.78 is 15.3. The van der Waals surface area contributed by atoms with Crippen molar-refractivity contribution in [1.82, 2.24) is 20.0 Å². The van der Waals surface area contributed by atoms with E-state index in [4.69, 9.17) is 0 Å². The van der Waals surface area contributed by atoms with Crippen LogP contribution in [-0.4, -0.2) is 32.2 Å². The number of benzene rings is 2. The molecule has 3 aliphatic rings. The third kappa shape index (κ3) is 2.82. The van der Waals surface area contributed by atoms with Crippen LogP contribution in [0.5, 0.6) is 0 Å². The summed E-state index contributed by atoms with van der Waals surface area (Å²) in [5.74, 6) is -0.503. The number of hydrogen-bond acceptors (Lipinski definition) is 3. The summed E-state index contributed by atoms with van der Waals surface area (Å²) in [6.45, 7) is 2.50. The van der Waals surface area contributed by atoms with Crippen molar-refractivity contribution < 1.29 is 14.0 Å². The molecule has 6 rings (SSSR count). The summed E-state index contributed by atoms with van der Waals surface area (Å²) >= 11 is 0. The third-order valence-corrected chi connectivity index (χ3v) is 7.90. The minimum absolute atomic E-state index is 0.212. The summed E-state index contributed by atoms with van der Waals surface area (Å²) in [6.07, 6.45) is 6.84. The maximum absolute atomic E-state index is 13.5. The van der Waals surface area contributed by atoms with Gasteiger partial charge in [-0.25, -0.2) is 13.9 Å². The molecular formula is C27H25FN4O2. The van der Waals surface area contributed by atoms with E-state index in [0.29, 0.717) is 19.4 Å². The van der Waals surface area contributed by atoms with E-state index < -0.39 is 11.0 Å². The van der Waals surface area contributed by atoms with Crippen LogP contribution in [-0.2, 0) is 17.8 Å². The highest BCUT2D eigenvalue weighted by Crippen LogP contribution is 2.57. The maximum Gasteiger partial charge on any atom is 0.325 e. The number of aromatic nitrogens is 2. The molecule has 1 saturated carbocycles. The third-order valence-electron chi connectivity index (χ3n) is 7.90. The molecule has 2 aromatic carbocycles. The quantitative estimate of drug-likeness (QED) is 0.585. The molecule has 0 bridgehead atoms. The van der Waals surface area contributed by atoms with E-state index in [0.717, 1.165) is 40.9 Å². The van der Waals surface area contributed by atoms with Crippen molar-refractivity contribution in [2.45, 2.75) is 44.7 Å². The Hall–Kier alpha value is -3.74. The van der Waals surface area contributed by atoms with Gasteiger partial charge < -0.3 is 4.90 Å². The van der Waals surface area contributed by atoms with Gasteiger partial charge in [0.05, 0.1) is 17.6 Å². The lowest BCUT2D eigenvalue weighted by atomic mass is 9.55. The van der Waals surface area contributed by atoms with Gasteiger partial charge in [0.25, 0.3) is 5.91 Å². The van der Waals surface area contributed by atoms with Crippen LogP contribution in [0.15, 0.2) is 66.4 Å². The number of carbonyl (C=O) groups excluding carboxylic acids is 2. The van der Waals surface area contributed by atoms with Crippen LogP contribution >= 0.6 is 0 Å². The number of rotatable bonds is 3. The van der Waals surface area contributed by atoms with Crippen LogP contribution in [0.4, 0.5) is 9.18 Å². The molecule has 0 unspecified atom stereocenters. The summed E-state index contributed by atoms with van der Waals surface area (Å²) in [6, 6.07) is 15.7. The van der Waals surface area contributed by atoms with Gasteiger partial charge in [-0.3, -0.25) is 10.1 Å². The lowest BCUT2D eigenvalue weighted by Crippen LogP contribution is -2.63. The Morgan fingerprint density at radius 2 is 1.85 bits per heavy atom. The molecule has 0 radical (unpaired) electrons. The molecular weight excluding hydrogens is 431 g/mol. The highest BCUT2D eigenvalue weighted by molar-refractivity contribution is 6.08. The lowest BCUT2D eigenvalue weighted by Gasteiger charge is -2.54. The van der Waals surface area contributed by atoms with Crippen LogP contribution in [0.1, 0.15) is 43.0 Å². The molecule has 1 aromatic heterocycles. The fourth-order valence-electron chi connectivity index (χ4n) is 6.19. The number of nitrogens with zero attached hydrogens (tertiary/aromatic N) is 3. The molecule has 1 N–H and O–H groups in total. The molecule has 7 heteroatoms. The topological polar surface area (TPSA) is 67.2 Å². The molecule has 3 aromatic rings. The van der Waals surface area contributed by atoms with E-state index in [1.54, 1.807) is 17.0 Å². The number of carbonyl (C=O) groups is 2. The summed E-state index contributed by atoms with van der Waals surface area (Å²) in [5.41, 5.74) is 3.39. The van der Waals surface area contributed by atoms with Gasteiger partial charge in [-0.05, 0) is 67.2 Å². The molecule has 2 atom stereocenters. The number of fused-ring (bicyclic) bond motifs is 3. The second-order valence-corrected chi connectivity index (χ2v) is 9.67. The molecule has 2 heterocycles. The molecule has 6 nitrogen and oxygen atoms in total. The van der Waals surface area contributed by atoms with Crippen LogP contribution in [0.25, 0.3) is 11.8 Å². The van der Waals surface area contributed by atoms with Crippen molar-refractivity contribution in [3.05, 3.63) is 89.0 Å². The molecule has 172 valence electrons. The van der Waals surface area contributed by atoms with Crippen molar-refractivity contribution in [3.8, 4) is 5.69 Å². The molecule has 1 aliphatic heterocycles. The molecule has 3 amide bonds. The van der Waals surface area contributed by atoms with Gasteiger partial charge in [0.15, 0.2) is 0 Å². The maximum atomic E-state index is 13.5. The Labute approximate surface area is 197 Å². The van der Waals surface area contributed by atoms with Crippen LogP contribution in [0, 0.1) is 11.2 Å². The second-order valence-electron chi connectivity index (χ2n) is 9.67.